The Balaban J connectivity index is 1.84. The Morgan fingerprint density at radius 3 is 2.22 bits per heavy atom. The van der Waals surface area contributed by atoms with Crippen LogP contribution in [0, 0.1) is 0 Å². The summed E-state index contributed by atoms with van der Waals surface area (Å²) in [5.41, 5.74) is -5.79. The largest absolute Gasteiger partial charge is 0.459 e. The van der Waals surface area contributed by atoms with Gasteiger partial charge in [-0.05, 0) is 31.0 Å². The molecule has 0 saturated heterocycles. The highest BCUT2D eigenvalue weighted by Gasteiger charge is 2.64. The molecule has 1 aromatic carbocycles. The SMILES string of the molecule is Cn1nc(-c2c(C(F)(F)F)c(C(F)(F)C(F)(F)F)nn2C)nc1-c1ccc(Cl)c(C(=O)NC2CC2)c1. The fourth-order valence-corrected chi connectivity index (χ4v) is 3.67. The fraction of sp³-hybridized carbons (Fsp3) is 0.400. The van der Waals surface area contributed by atoms with Gasteiger partial charge in [-0.25, -0.2) is 9.67 Å². The van der Waals surface area contributed by atoms with Crippen LogP contribution in [-0.2, 0) is 26.2 Å². The summed E-state index contributed by atoms with van der Waals surface area (Å²) in [6.45, 7) is 0. The Morgan fingerprint density at radius 2 is 1.67 bits per heavy atom. The third kappa shape index (κ3) is 4.51. The molecule has 0 unspecified atom stereocenters. The Kier molecular flexibility index (Phi) is 6.05. The van der Waals surface area contributed by atoms with Gasteiger partial charge in [0, 0.05) is 25.7 Å². The molecule has 36 heavy (non-hydrogen) atoms. The number of alkyl halides is 8. The number of nitrogens with zero attached hydrogens (tertiary/aromatic N) is 5. The van der Waals surface area contributed by atoms with Crippen LogP contribution in [-0.4, -0.2) is 42.7 Å². The van der Waals surface area contributed by atoms with E-state index < -0.39 is 47.0 Å². The maximum absolute atomic E-state index is 14.0. The van der Waals surface area contributed by atoms with Crippen molar-refractivity contribution in [3.05, 3.63) is 40.0 Å². The van der Waals surface area contributed by atoms with E-state index in [9.17, 15) is 39.9 Å². The highest BCUT2D eigenvalue weighted by atomic mass is 35.5. The van der Waals surface area contributed by atoms with Gasteiger partial charge in [-0.3, -0.25) is 9.48 Å². The molecule has 0 aliphatic heterocycles. The molecule has 4 rings (SSSR count). The lowest BCUT2D eigenvalue weighted by Gasteiger charge is -2.19. The molecule has 1 fully saturated rings. The Morgan fingerprint density at radius 1 is 1.03 bits per heavy atom. The molecule has 0 bridgehead atoms. The second-order valence-corrected chi connectivity index (χ2v) is 8.50. The van der Waals surface area contributed by atoms with E-state index >= 15 is 0 Å². The molecule has 3 aromatic rings. The smallest absolute Gasteiger partial charge is 0.349 e. The zero-order valence-electron chi connectivity index (χ0n) is 18.3. The highest BCUT2D eigenvalue weighted by Crippen LogP contribution is 2.50. The van der Waals surface area contributed by atoms with Crippen molar-refractivity contribution >= 4 is 17.5 Å². The molecule has 1 amide bonds. The van der Waals surface area contributed by atoms with Crippen LogP contribution in [0.1, 0.15) is 34.5 Å². The minimum Gasteiger partial charge on any atom is -0.349 e. The number of carbonyl (C=O) groups is 1. The predicted octanol–water partition coefficient (Wildman–Crippen LogP) is 5.10. The van der Waals surface area contributed by atoms with E-state index in [1.807, 2.05) is 0 Å². The number of aromatic nitrogens is 5. The quantitative estimate of drug-likeness (QED) is 0.455. The van der Waals surface area contributed by atoms with E-state index in [0.717, 1.165) is 24.6 Å². The number of nitrogens with one attached hydrogen (secondary N) is 1. The van der Waals surface area contributed by atoms with Crippen LogP contribution in [0.25, 0.3) is 22.9 Å². The van der Waals surface area contributed by atoms with Gasteiger partial charge in [0.2, 0.25) is 5.82 Å². The topological polar surface area (TPSA) is 77.6 Å². The molecule has 7 nitrogen and oxygen atoms in total. The van der Waals surface area contributed by atoms with Gasteiger partial charge in [0.15, 0.2) is 11.5 Å². The first-order chi connectivity index (χ1) is 16.5. The monoisotopic (exact) mass is 542 g/mol. The van der Waals surface area contributed by atoms with E-state index in [1.54, 1.807) is 0 Å². The number of amides is 1. The number of rotatable bonds is 5. The second-order valence-electron chi connectivity index (χ2n) is 8.09. The molecule has 1 N–H and O–H groups in total. The van der Waals surface area contributed by atoms with Crippen LogP contribution in [0.15, 0.2) is 18.2 Å². The van der Waals surface area contributed by atoms with Crippen molar-refractivity contribution in [2.24, 2.45) is 14.1 Å². The van der Waals surface area contributed by atoms with Crippen molar-refractivity contribution < 1.29 is 39.9 Å². The van der Waals surface area contributed by atoms with Crippen molar-refractivity contribution in [2.75, 3.05) is 0 Å². The first-order valence-corrected chi connectivity index (χ1v) is 10.5. The Bertz CT molecular complexity index is 1340. The summed E-state index contributed by atoms with van der Waals surface area (Å²) in [6, 6.07) is 4.06. The summed E-state index contributed by atoms with van der Waals surface area (Å²) in [7, 11) is 2.03. The van der Waals surface area contributed by atoms with Gasteiger partial charge in [-0.15, -0.1) is 5.10 Å². The highest BCUT2D eigenvalue weighted by molar-refractivity contribution is 6.34. The maximum Gasteiger partial charge on any atom is 0.459 e. The van der Waals surface area contributed by atoms with Gasteiger partial charge in [0.1, 0.15) is 11.3 Å². The fourth-order valence-electron chi connectivity index (χ4n) is 3.47. The van der Waals surface area contributed by atoms with Crippen molar-refractivity contribution in [1.29, 1.82) is 0 Å². The van der Waals surface area contributed by atoms with Gasteiger partial charge in [0.25, 0.3) is 5.91 Å². The lowest BCUT2D eigenvalue weighted by atomic mass is 10.1. The molecule has 194 valence electrons. The van der Waals surface area contributed by atoms with Gasteiger partial charge in [-0.2, -0.15) is 40.2 Å². The molecule has 1 aliphatic carbocycles. The standard InChI is InChI=1S/C20H15ClF8N6O/c1-34-13(12(19(24,25)26)14(32-34)18(22,23)20(27,28)29)15-31-16(35(2)33-15)8-3-6-11(21)10(7-8)17(36)30-9-4-5-9/h3,6-7,9H,4-5H2,1-2H3,(H,30,36). The molecule has 1 saturated carbocycles. The average Bonchev–Trinajstić information content (AvgIpc) is 3.36. The number of hydrogen-bond donors (Lipinski definition) is 1. The van der Waals surface area contributed by atoms with Crippen molar-refractivity contribution in [3.63, 3.8) is 0 Å². The van der Waals surface area contributed by atoms with Gasteiger partial charge in [0.05, 0.1) is 10.6 Å². The minimum atomic E-state index is -6.33. The van der Waals surface area contributed by atoms with Gasteiger partial charge in [-0.1, -0.05) is 11.6 Å². The van der Waals surface area contributed by atoms with Crippen molar-refractivity contribution in [1.82, 2.24) is 29.9 Å². The van der Waals surface area contributed by atoms with Crippen molar-refractivity contribution in [3.8, 4) is 22.9 Å². The lowest BCUT2D eigenvalue weighted by molar-refractivity contribution is -0.292. The van der Waals surface area contributed by atoms with E-state index in [-0.39, 0.29) is 32.7 Å². The second kappa shape index (κ2) is 8.42. The molecule has 1 aliphatic rings. The predicted molar refractivity (Wildman–Crippen MR) is 109 cm³/mol. The van der Waals surface area contributed by atoms with Crippen LogP contribution in [0.4, 0.5) is 35.1 Å². The first-order valence-electron chi connectivity index (χ1n) is 10.1. The summed E-state index contributed by atoms with van der Waals surface area (Å²) < 4.78 is 109. The number of carbonyl (C=O) groups excluding carboxylic acids is 1. The van der Waals surface area contributed by atoms with E-state index in [4.69, 9.17) is 11.6 Å². The summed E-state index contributed by atoms with van der Waals surface area (Å²) in [5.74, 6) is -7.30. The van der Waals surface area contributed by atoms with Crippen LogP contribution in [0.2, 0.25) is 5.02 Å². The van der Waals surface area contributed by atoms with Crippen LogP contribution >= 0.6 is 11.6 Å². The lowest BCUT2D eigenvalue weighted by Crippen LogP contribution is -2.36. The summed E-state index contributed by atoms with van der Waals surface area (Å²) in [5, 5.41) is 9.46. The van der Waals surface area contributed by atoms with Crippen LogP contribution < -0.4 is 5.32 Å². The Hall–Kier alpha value is -3.23. The summed E-state index contributed by atoms with van der Waals surface area (Å²) in [4.78, 5) is 16.4. The summed E-state index contributed by atoms with van der Waals surface area (Å²) in [6.07, 6.45) is -10.4. The first kappa shape index (κ1) is 25.9. The average molecular weight is 543 g/mol. The molecular formula is C20H15ClF8N6O. The summed E-state index contributed by atoms with van der Waals surface area (Å²) >= 11 is 6.09. The van der Waals surface area contributed by atoms with Gasteiger partial charge >= 0.3 is 18.3 Å². The molecular weight excluding hydrogens is 528 g/mol. The van der Waals surface area contributed by atoms with E-state index in [2.05, 4.69) is 20.5 Å². The molecule has 0 radical (unpaired) electrons. The zero-order valence-corrected chi connectivity index (χ0v) is 19.0. The zero-order chi connectivity index (χ0) is 26.8. The third-order valence-corrected chi connectivity index (χ3v) is 5.67. The number of aryl methyl sites for hydroxylation is 2. The molecule has 2 heterocycles. The van der Waals surface area contributed by atoms with E-state index in [0.29, 0.717) is 0 Å². The number of hydrogen-bond acceptors (Lipinski definition) is 4. The normalized spacial score (nSPS) is 14.9. The molecule has 16 heteroatoms. The Labute approximate surface area is 202 Å². The van der Waals surface area contributed by atoms with Crippen LogP contribution in [0.5, 0.6) is 0 Å². The van der Waals surface area contributed by atoms with Gasteiger partial charge < -0.3 is 5.32 Å². The van der Waals surface area contributed by atoms with E-state index in [1.165, 1.54) is 25.2 Å². The van der Waals surface area contributed by atoms with Crippen LogP contribution in [0.3, 0.4) is 0 Å². The molecule has 2 aromatic heterocycles. The maximum atomic E-state index is 14.0. The minimum absolute atomic E-state index is 0.00769. The molecule has 0 spiro atoms. The van der Waals surface area contributed by atoms with Crippen molar-refractivity contribution in [2.45, 2.75) is 37.2 Å². The molecule has 0 atom stereocenters. The third-order valence-electron chi connectivity index (χ3n) is 5.34. The number of halogens is 9. The number of benzene rings is 1.